The van der Waals surface area contributed by atoms with Crippen molar-refractivity contribution in [3.05, 3.63) is 108 Å². The van der Waals surface area contributed by atoms with Crippen LogP contribution in [0.3, 0.4) is 0 Å². The molecule has 0 radical (unpaired) electrons. The van der Waals surface area contributed by atoms with Crippen LogP contribution in [0.1, 0.15) is 31.8 Å². The van der Waals surface area contributed by atoms with Crippen LogP contribution in [-0.2, 0) is 0 Å². The fourth-order valence-corrected chi connectivity index (χ4v) is 2.28. The minimum absolute atomic E-state index is 0.126. The Balaban J connectivity index is 1.66. The predicted octanol–water partition coefficient (Wildman–Crippen LogP) is 4.27. The van der Waals surface area contributed by atoms with Crippen LogP contribution in [0.2, 0.25) is 0 Å². The molecule has 0 aliphatic rings. The summed E-state index contributed by atoms with van der Waals surface area (Å²) in [5, 5.41) is 0. The Hall–Kier alpha value is -3.66. The van der Waals surface area contributed by atoms with E-state index in [2.05, 4.69) is 9.97 Å². The molecule has 3 aromatic rings. The van der Waals surface area contributed by atoms with Crippen molar-refractivity contribution in [2.75, 3.05) is 0 Å². The van der Waals surface area contributed by atoms with E-state index >= 15 is 0 Å². The number of hydrogen-bond donors (Lipinski definition) is 0. The molecule has 2 heterocycles. The van der Waals surface area contributed by atoms with Crippen LogP contribution in [0, 0.1) is 0 Å². The molecular weight excluding hydrogens is 324 g/mol. The molecule has 0 aliphatic heterocycles. The Labute approximate surface area is 151 Å². The molecule has 0 N–H and O–H groups in total. The third-order valence-electron chi connectivity index (χ3n) is 3.68. The van der Waals surface area contributed by atoms with Crippen LogP contribution in [0.4, 0.5) is 0 Å². The van der Waals surface area contributed by atoms with Crippen molar-refractivity contribution in [1.29, 1.82) is 0 Å². The quantitative estimate of drug-likeness (QED) is 0.497. The van der Waals surface area contributed by atoms with Gasteiger partial charge in [0.15, 0.2) is 11.6 Å². The zero-order valence-electron chi connectivity index (χ0n) is 13.9. The normalized spacial score (nSPS) is 11.1. The average Bonchev–Trinajstić information content (AvgIpc) is 2.72. The number of rotatable bonds is 6. The molecule has 4 nitrogen and oxygen atoms in total. The lowest BCUT2D eigenvalue weighted by atomic mass is 10.0. The fourth-order valence-electron chi connectivity index (χ4n) is 2.28. The minimum atomic E-state index is -0.126. The van der Waals surface area contributed by atoms with Crippen molar-refractivity contribution in [1.82, 2.24) is 9.97 Å². The van der Waals surface area contributed by atoms with Gasteiger partial charge < -0.3 is 0 Å². The second kappa shape index (κ2) is 8.44. The van der Waals surface area contributed by atoms with Gasteiger partial charge in [-0.3, -0.25) is 19.6 Å². The summed E-state index contributed by atoms with van der Waals surface area (Å²) in [6, 6.07) is 14.0. The summed E-state index contributed by atoms with van der Waals surface area (Å²) in [6.45, 7) is 0. The first kappa shape index (κ1) is 17.2. The number of hydrogen-bond acceptors (Lipinski definition) is 4. The summed E-state index contributed by atoms with van der Waals surface area (Å²) in [7, 11) is 0. The number of nitrogens with zero attached hydrogens (tertiary/aromatic N) is 2. The maximum atomic E-state index is 12.2. The summed E-state index contributed by atoms with van der Waals surface area (Å²) >= 11 is 0. The first-order valence-electron chi connectivity index (χ1n) is 8.07. The van der Waals surface area contributed by atoms with Crippen LogP contribution in [-0.4, -0.2) is 21.5 Å². The van der Waals surface area contributed by atoms with Gasteiger partial charge in [-0.2, -0.15) is 0 Å². The fraction of sp³-hybridized carbons (Fsp3) is 0. The molecule has 0 unspecified atom stereocenters. The minimum Gasteiger partial charge on any atom is -0.289 e. The van der Waals surface area contributed by atoms with E-state index in [0.717, 1.165) is 11.1 Å². The van der Waals surface area contributed by atoms with Gasteiger partial charge in [-0.1, -0.05) is 36.4 Å². The number of pyridine rings is 2. The Morgan fingerprint density at radius 2 is 1.08 bits per heavy atom. The molecule has 0 bridgehead atoms. The molecule has 0 saturated carbocycles. The molecule has 1 aromatic carbocycles. The van der Waals surface area contributed by atoms with Crippen LogP contribution >= 0.6 is 0 Å². The maximum Gasteiger partial charge on any atom is 0.185 e. The Morgan fingerprint density at radius 1 is 0.654 bits per heavy atom. The van der Waals surface area contributed by atoms with Crippen molar-refractivity contribution in [3.63, 3.8) is 0 Å². The Morgan fingerprint density at radius 3 is 1.42 bits per heavy atom. The van der Waals surface area contributed by atoms with Crippen molar-refractivity contribution < 1.29 is 9.59 Å². The summed E-state index contributed by atoms with van der Waals surface area (Å²) in [5.41, 5.74) is 2.76. The molecule has 0 atom stereocenters. The zero-order chi connectivity index (χ0) is 18.2. The van der Waals surface area contributed by atoms with Gasteiger partial charge in [0.2, 0.25) is 0 Å². The predicted molar refractivity (Wildman–Crippen MR) is 102 cm³/mol. The number of carbonyl (C=O) groups is 2. The molecule has 26 heavy (non-hydrogen) atoms. The van der Waals surface area contributed by atoms with E-state index in [4.69, 9.17) is 0 Å². The van der Waals surface area contributed by atoms with E-state index in [1.165, 1.54) is 12.2 Å². The molecular formula is C22H16N2O2. The molecule has 0 saturated heterocycles. The molecule has 0 amide bonds. The highest BCUT2D eigenvalue weighted by molar-refractivity contribution is 6.09. The van der Waals surface area contributed by atoms with Gasteiger partial charge in [0.05, 0.1) is 0 Å². The third kappa shape index (κ3) is 4.68. The Bertz CT molecular complexity index is 864. The van der Waals surface area contributed by atoms with Crippen LogP contribution in [0.5, 0.6) is 0 Å². The van der Waals surface area contributed by atoms with E-state index in [0.29, 0.717) is 11.1 Å². The van der Waals surface area contributed by atoms with E-state index in [9.17, 15) is 9.59 Å². The van der Waals surface area contributed by atoms with E-state index in [-0.39, 0.29) is 11.6 Å². The van der Waals surface area contributed by atoms with Gasteiger partial charge in [0.1, 0.15) is 0 Å². The van der Waals surface area contributed by atoms with Crippen molar-refractivity contribution in [3.8, 4) is 0 Å². The SMILES string of the molecule is O=C(C=Cc1cccnc1)c1ccc(C(=O)C=Cc2cccnc2)cc1. The van der Waals surface area contributed by atoms with Gasteiger partial charge >= 0.3 is 0 Å². The molecule has 3 rings (SSSR count). The van der Waals surface area contributed by atoms with Gasteiger partial charge in [0, 0.05) is 35.9 Å². The van der Waals surface area contributed by atoms with Gasteiger partial charge in [-0.15, -0.1) is 0 Å². The summed E-state index contributed by atoms with van der Waals surface area (Å²) in [4.78, 5) is 32.4. The molecule has 0 spiro atoms. The van der Waals surface area contributed by atoms with Crippen LogP contribution < -0.4 is 0 Å². The highest BCUT2D eigenvalue weighted by Gasteiger charge is 2.05. The highest BCUT2D eigenvalue weighted by Crippen LogP contribution is 2.10. The zero-order valence-corrected chi connectivity index (χ0v) is 13.9. The topological polar surface area (TPSA) is 59.9 Å². The van der Waals surface area contributed by atoms with Gasteiger partial charge in [-0.05, 0) is 47.6 Å². The molecule has 4 heteroatoms. The van der Waals surface area contributed by atoms with Crippen molar-refractivity contribution in [2.24, 2.45) is 0 Å². The van der Waals surface area contributed by atoms with E-state index < -0.39 is 0 Å². The number of aromatic nitrogens is 2. The second-order valence-electron chi connectivity index (χ2n) is 5.55. The van der Waals surface area contributed by atoms with Gasteiger partial charge in [-0.25, -0.2) is 0 Å². The third-order valence-corrected chi connectivity index (χ3v) is 3.68. The monoisotopic (exact) mass is 340 g/mol. The summed E-state index contributed by atoms with van der Waals surface area (Å²) < 4.78 is 0. The second-order valence-corrected chi connectivity index (χ2v) is 5.55. The first-order chi connectivity index (χ1) is 12.7. The van der Waals surface area contributed by atoms with E-state index in [1.54, 1.807) is 61.2 Å². The lowest BCUT2D eigenvalue weighted by molar-refractivity contribution is 0.103. The van der Waals surface area contributed by atoms with Crippen LogP contribution in [0.15, 0.2) is 85.5 Å². The average molecular weight is 340 g/mol. The van der Waals surface area contributed by atoms with Crippen molar-refractivity contribution in [2.45, 2.75) is 0 Å². The molecule has 126 valence electrons. The lowest BCUT2D eigenvalue weighted by Gasteiger charge is -1.99. The number of allylic oxidation sites excluding steroid dienone is 2. The number of ketones is 2. The smallest absolute Gasteiger partial charge is 0.185 e. The van der Waals surface area contributed by atoms with E-state index in [1.807, 2.05) is 24.3 Å². The highest BCUT2D eigenvalue weighted by atomic mass is 16.1. The maximum absolute atomic E-state index is 12.2. The lowest BCUT2D eigenvalue weighted by Crippen LogP contribution is -1.98. The largest absolute Gasteiger partial charge is 0.289 e. The number of benzene rings is 1. The molecule has 0 aliphatic carbocycles. The van der Waals surface area contributed by atoms with Crippen LogP contribution in [0.25, 0.3) is 12.2 Å². The Kier molecular flexibility index (Phi) is 5.58. The molecule has 2 aromatic heterocycles. The summed E-state index contributed by atoms with van der Waals surface area (Å²) in [5.74, 6) is -0.252. The molecule has 0 fully saturated rings. The standard InChI is InChI=1S/C22H16N2O2/c25-21(11-5-17-3-1-13-23-15-17)19-7-9-20(10-8-19)22(26)12-6-18-4-2-14-24-16-18/h1-16H. The summed E-state index contributed by atoms with van der Waals surface area (Å²) in [6.07, 6.45) is 13.1. The van der Waals surface area contributed by atoms with Gasteiger partial charge in [0.25, 0.3) is 0 Å². The number of carbonyl (C=O) groups excluding carboxylic acids is 2. The first-order valence-corrected chi connectivity index (χ1v) is 8.07. The van der Waals surface area contributed by atoms with Crippen molar-refractivity contribution >= 4 is 23.7 Å².